The van der Waals surface area contributed by atoms with Crippen LogP contribution in [0, 0.1) is 0 Å². The molecule has 1 aliphatic rings. The van der Waals surface area contributed by atoms with Crippen LogP contribution in [0.2, 0.25) is 0 Å². The number of amides is 1. The van der Waals surface area contributed by atoms with Gasteiger partial charge < -0.3 is 14.1 Å². The predicted octanol–water partition coefficient (Wildman–Crippen LogP) is 3.88. The van der Waals surface area contributed by atoms with Crippen LogP contribution in [0.1, 0.15) is 15.4 Å². The van der Waals surface area contributed by atoms with Crippen molar-refractivity contribution in [3.05, 3.63) is 81.0 Å². The maximum atomic E-state index is 13.0. The number of piperazine rings is 1. The topological polar surface area (TPSA) is 75.9 Å². The van der Waals surface area contributed by atoms with Gasteiger partial charge in [0, 0.05) is 42.5 Å². The van der Waals surface area contributed by atoms with Crippen LogP contribution < -0.4 is 10.4 Å². The molecule has 4 aromatic rings. The number of hydrogen-bond acceptors (Lipinski definition) is 7. The first-order valence-corrected chi connectivity index (χ1v) is 11.6. The number of methoxy groups -OCH3 is 1. The highest BCUT2D eigenvalue weighted by molar-refractivity contribution is 7.09. The molecule has 0 saturated carbocycles. The van der Waals surface area contributed by atoms with Gasteiger partial charge in [-0.2, -0.15) is 0 Å². The van der Waals surface area contributed by atoms with Crippen LogP contribution in [0.5, 0.6) is 5.75 Å². The lowest BCUT2D eigenvalue weighted by Crippen LogP contribution is -2.49. The zero-order valence-electron chi connectivity index (χ0n) is 18.2. The first-order valence-electron chi connectivity index (χ1n) is 10.7. The third-order valence-electron chi connectivity index (χ3n) is 5.81. The van der Waals surface area contributed by atoms with E-state index in [9.17, 15) is 9.59 Å². The molecule has 8 heteroatoms. The number of carbonyl (C=O) groups is 1. The van der Waals surface area contributed by atoms with E-state index in [1.165, 1.54) is 7.11 Å². The number of thiazole rings is 1. The number of fused-ring (bicyclic) bond motifs is 1. The molecular weight excluding hydrogens is 438 g/mol. The molecule has 3 heterocycles. The molecule has 2 aromatic heterocycles. The van der Waals surface area contributed by atoms with Gasteiger partial charge in [-0.1, -0.05) is 42.5 Å². The number of para-hydroxylation sites is 1. The van der Waals surface area contributed by atoms with E-state index in [1.807, 2.05) is 18.2 Å². The van der Waals surface area contributed by atoms with E-state index in [2.05, 4.69) is 22.4 Å². The smallest absolute Gasteiger partial charge is 0.349 e. The normalized spacial score (nSPS) is 14.5. The van der Waals surface area contributed by atoms with Crippen LogP contribution in [-0.4, -0.2) is 54.0 Å². The Labute approximate surface area is 194 Å². The van der Waals surface area contributed by atoms with E-state index in [1.54, 1.807) is 40.5 Å². The summed E-state index contributed by atoms with van der Waals surface area (Å²) in [5.74, 6) is 0.170. The molecular formula is C25H23N3O4S. The molecule has 0 N–H and O–H groups in total. The quantitative estimate of drug-likeness (QED) is 0.420. The molecule has 2 aromatic carbocycles. The second-order valence-electron chi connectivity index (χ2n) is 7.89. The number of carbonyl (C=O) groups excluding carboxylic acids is 1. The Kier molecular flexibility index (Phi) is 5.93. The molecule has 33 heavy (non-hydrogen) atoms. The van der Waals surface area contributed by atoms with Gasteiger partial charge in [0.15, 0.2) is 11.3 Å². The van der Waals surface area contributed by atoms with E-state index in [0.29, 0.717) is 29.8 Å². The Morgan fingerprint density at radius 1 is 1.09 bits per heavy atom. The minimum Gasteiger partial charge on any atom is -0.493 e. The molecule has 1 saturated heterocycles. The van der Waals surface area contributed by atoms with Gasteiger partial charge in [0.2, 0.25) is 0 Å². The fraction of sp³-hybridized carbons (Fsp3) is 0.240. The second-order valence-corrected chi connectivity index (χ2v) is 8.83. The molecule has 0 aliphatic carbocycles. The standard InChI is InChI=1S/C25H23N3O4S/c1-31-21-9-5-8-18-14-19(25(30)32-23(18)21)24(29)28-12-10-27(11-13-28)15-22-26-20(16-33-22)17-6-3-2-4-7-17/h2-9,14,16H,10-13,15H2,1H3. The zero-order valence-corrected chi connectivity index (χ0v) is 19.0. The van der Waals surface area contributed by atoms with Gasteiger partial charge in [-0.3, -0.25) is 9.69 Å². The van der Waals surface area contributed by atoms with Crippen molar-refractivity contribution in [3.63, 3.8) is 0 Å². The van der Waals surface area contributed by atoms with E-state index in [-0.39, 0.29) is 11.5 Å². The third kappa shape index (κ3) is 4.40. The molecule has 0 atom stereocenters. The largest absolute Gasteiger partial charge is 0.493 e. The van der Waals surface area contributed by atoms with Crippen molar-refractivity contribution in [3.8, 4) is 17.0 Å². The van der Waals surface area contributed by atoms with Gasteiger partial charge in [-0.15, -0.1) is 11.3 Å². The predicted molar refractivity (Wildman–Crippen MR) is 128 cm³/mol. The highest BCUT2D eigenvalue weighted by Crippen LogP contribution is 2.25. The van der Waals surface area contributed by atoms with Crippen LogP contribution in [0.15, 0.2) is 69.2 Å². The fourth-order valence-corrected chi connectivity index (χ4v) is 4.87. The van der Waals surface area contributed by atoms with Crippen LogP contribution in [0.3, 0.4) is 0 Å². The molecule has 0 spiro atoms. The molecule has 1 amide bonds. The summed E-state index contributed by atoms with van der Waals surface area (Å²) in [6.45, 7) is 3.28. The summed E-state index contributed by atoms with van der Waals surface area (Å²) >= 11 is 1.65. The van der Waals surface area contributed by atoms with Crippen molar-refractivity contribution in [1.82, 2.24) is 14.8 Å². The molecule has 7 nitrogen and oxygen atoms in total. The van der Waals surface area contributed by atoms with Crippen molar-refractivity contribution >= 4 is 28.2 Å². The highest BCUT2D eigenvalue weighted by Gasteiger charge is 2.25. The lowest BCUT2D eigenvalue weighted by atomic mass is 10.1. The minimum atomic E-state index is -0.643. The van der Waals surface area contributed by atoms with Gasteiger partial charge in [0.1, 0.15) is 10.6 Å². The van der Waals surface area contributed by atoms with Crippen molar-refractivity contribution < 1.29 is 13.9 Å². The Morgan fingerprint density at radius 2 is 1.88 bits per heavy atom. The molecule has 5 rings (SSSR count). The van der Waals surface area contributed by atoms with Crippen molar-refractivity contribution in [2.45, 2.75) is 6.54 Å². The summed E-state index contributed by atoms with van der Waals surface area (Å²) in [5.41, 5.74) is 1.86. The minimum absolute atomic E-state index is 0.0524. The molecule has 0 unspecified atom stereocenters. The molecule has 0 bridgehead atoms. The van der Waals surface area contributed by atoms with E-state index in [0.717, 1.165) is 35.9 Å². The highest BCUT2D eigenvalue weighted by atomic mass is 32.1. The number of ether oxygens (including phenoxy) is 1. The van der Waals surface area contributed by atoms with Crippen molar-refractivity contribution in [1.29, 1.82) is 0 Å². The maximum absolute atomic E-state index is 13.0. The maximum Gasteiger partial charge on any atom is 0.349 e. The lowest BCUT2D eigenvalue weighted by Gasteiger charge is -2.34. The summed E-state index contributed by atoms with van der Waals surface area (Å²) in [6, 6.07) is 17.1. The van der Waals surface area contributed by atoms with E-state index < -0.39 is 5.63 Å². The van der Waals surface area contributed by atoms with Crippen molar-refractivity contribution in [2.75, 3.05) is 33.3 Å². The van der Waals surface area contributed by atoms with Crippen LogP contribution >= 0.6 is 11.3 Å². The number of benzene rings is 2. The van der Waals surface area contributed by atoms with E-state index >= 15 is 0 Å². The number of aromatic nitrogens is 1. The SMILES string of the molecule is COc1cccc2cc(C(=O)N3CCN(Cc4nc(-c5ccccc5)cs4)CC3)c(=O)oc12. The first-order chi connectivity index (χ1) is 16.1. The van der Waals surface area contributed by atoms with E-state index in [4.69, 9.17) is 14.1 Å². The van der Waals surface area contributed by atoms with Gasteiger partial charge in [-0.05, 0) is 12.1 Å². The Hall–Kier alpha value is -3.49. The second kappa shape index (κ2) is 9.17. The average Bonchev–Trinajstić information content (AvgIpc) is 3.32. The summed E-state index contributed by atoms with van der Waals surface area (Å²) in [7, 11) is 1.52. The average molecular weight is 462 g/mol. The molecule has 1 fully saturated rings. The number of rotatable bonds is 5. The molecule has 0 radical (unpaired) electrons. The van der Waals surface area contributed by atoms with Crippen LogP contribution in [0.25, 0.3) is 22.2 Å². The summed E-state index contributed by atoms with van der Waals surface area (Å²) in [6.07, 6.45) is 0. The first kappa shape index (κ1) is 21.4. The Balaban J connectivity index is 1.24. The fourth-order valence-electron chi connectivity index (χ4n) is 4.02. The van der Waals surface area contributed by atoms with Crippen LogP contribution in [-0.2, 0) is 6.54 Å². The Morgan fingerprint density at radius 3 is 2.64 bits per heavy atom. The molecule has 1 aliphatic heterocycles. The summed E-state index contributed by atoms with van der Waals surface area (Å²) in [5, 5.41) is 3.80. The monoisotopic (exact) mass is 461 g/mol. The van der Waals surface area contributed by atoms with Gasteiger partial charge in [-0.25, -0.2) is 9.78 Å². The molecule has 168 valence electrons. The number of nitrogens with zero attached hydrogens (tertiary/aromatic N) is 3. The van der Waals surface area contributed by atoms with Gasteiger partial charge in [0.25, 0.3) is 5.91 Å². The van der Waals surface area contributed by atoms with Gasteiger partial charge in [0.05, 0.1) is 19.3 Å². The third-order valence-corrected chi connectivity index (χ3v) is 6.65. The Bertz CT molecular complexity index is 1340. The van der Waals surface area contributed by atoms with Crippen LogP contribution in [0.4, 0.5) is 0 Å². The van der Waals surface area contributed by atoms with Gasteiger partial charge >= 0.3 is 5.63 Å². The zero-order chi connectivity index (χ0) is 22.8. The van der Waals surface area contributed by atoms with Crippen molar-refractivity contribution in [2.24, 2.45) is 0 Å². The number of hydrogen-bond donors (Lipinski definition) is 0. The lowest BCUT2D eigenvalue weighted by molar-refractivity contribution is 0.0624. The summed E-state index contributed by atoms with van der Waals surface area (Å²) < 4.78 is 10.7. The summed E-state index contributed by atoms with van der Waals surface area (Å²) in [4.78, 5) is 34.3.